The van der Waals surface area contributed by atoms with Gasteiger partial charge in [-0.25, -0.2) is 4.79 Å². The van der Waals surface area contributed by atoms with E-state index >= 15 is 0 Å². The minimum Gasteiger partial charge on any atom is -0.464 e. The van der Waals surface area contributed by atoms with E-state index in [4.69, 9.17) is 16.6 Å². The summed E-state index contributed by atoms with van der Waals surface area (Å²) in [6, 6.07) is 14.9. The molecule has 0 amide bonds. The lowest BCUT2D eigenvalue weighted by atomic mass is 10.2. The quantitative estimate of drug-likeness (QED) is 0.692. The van der Waals surface area contributed by atoms with Crippen molar-refractivity contribution in [2.75, 3.05) is 7.11 Å². The molecule has 0 spiro atoms. The highest BCUT2D eigenvalue weighted by molar-refractivity contribution is 6.09. The Morgan fingerprint density at radius 2 is 1.91 bits per heavy atom. The maximum absolute atomic E-state index is 11.8. The predicted octanol–water partition coefficient (Wildman–Crippen LogP) is 3.40. The number of aromatic nitrogens is 2. The molecule has 0 aliphatic heterocycles. The molecule has 6 heteroatoms. The SMILES string of the molecule is COC(=O)c1nn(Cc2ccc(OCl)cc2)c2ccccc12. The number of nitrogens with zero attached hydrogens (tertiary/aromatic N) is 2. The molecule has 0 bridgehead atoms. The van der Waals surface area contributed by atoms with Crippen LogP contribution in [0.2, 0.25) is 0 Å². The number of rotatable bonds is 4. The van der Waals surface area contributed by atoms with Crippen LogP contribution in [-0.4, -0.2) is 22.9 Å². The fraction of sp³-hybridized carbons (Fsp3) is 0.125. The summed E-state index contributed by atoms with van der Waals surface area (Å²) in [5.41, 5.74) is 2.21. The first kappa shape index (κ1) is 14.4. The second-order valence-electron chi connectivity index (χ2n) is 4.74. The van der Waals surface area contributed by atoms with Gasteiger partial charge >= 0.3 is 5.97 Å². The number of hydrogen-bond acceptors (Lipinski definition) is 4. The molecular formula is C16H13ClN2O3. The highest BCUT2D eigenvalue weighted by Crippen LogP contribution is 2.21. The van der Waals surface area contributed by atoms with Gasteiger partial charge in [-0.3, -0.25) is 4.68 Å². The molecule has 0 aliphatic rings. The van der Waals surface area contributed by atoms with Crippen LogP contribution < -0.4 is 4.29 Å². The smallest absolute Gasteiger partial charge is 0.359 e. The van der Waals surface area contributed by atoms with E-state index in [1.807, 2.05) is 36.4 Å². The Hall–Kier alpha value is -2.53. The van der Waals surface area contributed by atoms with Crippen molar-refractivity contribution < 1.29 is 13.8 Å². The van der Waals surface area contributed by atoms with Gasteiger partial charge in [0.1, 0.15) is 17.6 Å². The van der Waals surface area contributed by atoms with Gasteiger partial charge in [-0.1, -0.05) is 30.3 Å². The summed E-state index contributed by atoms with van der Waals surface area (Å²) >= 11 is 5.30. The molecule has 0 N–H and O–H groups in total. The zero-order valence-corrected chi connectivity index (χ0v) is 12.6. The minimum absolute atomic E-state index is 0.318. The van der Waals surface area contributed by atoms with Gasteiger partial charge in [-0.15, -0.1) is 0 Å². The van der Waals surface area contributed by atoms with Crippen molar-refractivity contribution in [3.8, 4) is 5.75 Å². The number of benzene rings is 2. The van der Waals surface area contributed by atoms with Crippen LogP contribution in [-0.2, 0) is 11.3 Å². The van der Waals surface area contributed by atoms with E-state index in [1.54, 1.807) is 16.8 Å². The zero-order valence-electron chi connectivity index (χ0n) is 11.8. The fourth-order valence-corrected chi connectivity index (χ4v) is 2.42. The molecule has 0 aliphatic carbocycles. The normalized spacial score (nSPS) is 10.6. The average Bonchev–Trinajstić information content (AvgIpc) is 2.94. The summed E-state index contributed by atoms with van der Waals surface area (Å²) in [6.07, 6.45) is 0. The van der Waals surface area contributed by atoms with Crippen LogP contribution in [0.3, 0.4) is 0 Å². The number of ether oxygens (including phenoxy) is 1. The number of halogens is 1. The molecule has 3 rings (SSSR count). The first-order valence-corrected chi connectivity index (χ1v) is 6.95. The lowest BCUT2D eigenvalue weighted by Gasteiger charge is -2.04. The largest absolute Gasteiger partial charge is 0.464 e. The summed E-state index contributed by atoms with van der Waals surface area (Å²) in [5.74, 6) is 0.131. The summed E-state index contributed by atoms with van der Waals surface area (Å²) in [7, 11) is 1.35. The number of para-hydroxylation sites is 1. The molecule has 22 heavy (non-hydrogen) atoms. The van der Waals surface area contributed by atoms with Crippen LogP contribution in [0.5, 0.6) is 5.75 Å². The second-order valence-corrected chi connectivity index (χ2v) is 4.89. The number of hydrogen-bond donors (Lipinski definition) is 0. The Labute approximate surface area is 132 Å². The number of carbonyl (C=O) groups excluding carboxylic acids is 1. The Morgan fingerprint density at radius 3 is 2.59 bits per heavy atom. The number of carbonyl (C=O) groups is 1. The van der Waals surface area contributed by atoms with Gasteiger partial charge in [-0.2, -0.15) is 5.10 Å². The summed E-state index contributed by atoms with van der Waals surface area (Å²) in [4.78, 5) is 11.8. The summed E-state index contributed by atoms with van der Waals surface area (Å²) in [6.45, 7) is 0.528. The van der Waals surface area contributed by atoms with E-state index in [0.717, 1.165) is 16.5 Å². The second kappa shape index (κ2) is 6.07. The van der Waals surface area contributed by atoms with Crippen LogP contribution in [0.4, 0.5) is 0 Å². The van der Waals surface area contributed by atoms with Gasteiger partial charge < -0.3 is 9.03 Å². The molecule has 112 valence electrons. The van der Waals surface area contributed by atoms with E-state index < -0.39 is 5.97 Å². The number of fused-ring (bicyclic) bond motifs is 1. The maximum atomic E-state index is 11.8. The van der Waals surface area contributed by atoms with Crippen molar-refractivity contribution in [1.29, 1.82) is 0 Å². The van der Waals surface area contributed by atoms with Gasteiger partial charge in [0.2, 0.25) is 0 Å². The first-order chi connectivity index (χ1) is 10.7. The molecule has 0 saturated carbocycles. The number of methoxy groups -OCH3 is 1. The van der Waals surface area contributed by atoms with Gasteiger partial charge in [0.05, 0.1) is 19.2 Å². The van der Waals surface area contributed by atoms with Crippen molar-refractivity contribution in [3.05, 3.63) is 59.8 Å². The third-order valence-electron chi connectivity index (χ3n) is 3.38. The van der Waals surface area contributed by atoms with E-state index in [-0.39, 0.29) is 0 Å². The molecule has 0 fully saturated rings. The maximum Gasteiger partial charge on any atom is 0.359 e. The first-order valence-electron chi connectivity index (χ1n) is 6.64. The highest BCUT2D eigenvalue weighted by atomic mass is 35.5. The van der Waals surface area contributed by atoms with Crippen LogP contribution in [0.15, 0.2) is 48.5 Å². The molecule has 0 atom stereocenters. The third kappa shape index (κ3) is 2.63. The van der Waals surface area contributed by atoms with Crippen molar-refractivity contribution in [2.45, 2.75) is 6.54 Å². The van der Waals surface area contributed by atoms with Gasteiger partial charge in [0.25, 0.3) is 0 Å². The van der Waals surface area contributed by atoms with Gasteiger partial charge in [0, 0.05) is 5.39 Å². The molecule has 3 aromatic rings. The lowest BCUT2D eigenvalue weighted by molar-refractivity contribution is 0.0595. The minimum atomic E-state index is -0.444. The zero-order chi connectivity index (χ0) is 15.5. The standard InChI is InChI=1S/C16H13ClN2O3/c1-21-16(20)15-13-4-2-3-5-14(13)19(18-15)10-11-6-8-12(22-17)9-7-11/h2-9H,10H2,1H3. The predicted molar refractivity (Wildman–Crippen MR) is 83.1 cm³/mol. The fourth-order valence-electron chi connectivity index (χ4n) is 2.31. The molecule has 0 radical (unpaired) electrons. The van der Waals surface area contributed by atoms with E-state index in [2.05, 4.69) is 9.39 Å². The van der Waals surface area contributed by atoms with Crippen LogP contribution in [0.1, 0.15) is 16.1 Å². The summed E-state index contributed by atoms with van der Waals surface area (Å²) in [5, 5.41) is 5.16. The van der Waals surface area contributed by atoms with Crippen molar-refractivity contribution in [2.24, 2.45) is 0 Å². The van der Waals surface area contributed by atoms with Crippen LogP contribution >= 0.6 is 11.9 Å². The Balaban J connectivity index is 2.01. The molecule has 1 heterocycles. The lowest BCUT2D eigenvalue weighted by Crippen LogP contribution is -2.06. The molecule has 0 unspecified atom stereocenters. The van der Waals surface area contributed by atoms with E-state index in [0.29, 0.717) is 18.0 Å². The molecule has 0 saturated heterocycles. The molecule has 1 aromatic heterocycles. The Kier molecular flexibility index (Phi) is 3.98. The van der Waals surface area contributed by atoms with Crippen LogP contribution in [0, 0.1) is 0 Å². The molecule has 2 aromatic carbocycles. The highest BCUT2D eigenvalue weighted by Gasteiger charge is 2.17. The van der Waals surface area contributed by atoms with E-state index in [1.165, 1.54) is 7.11 Å². The average molecular weight is 317 g/mol. The van der Waals surface area contributed by atoms with Crippen LogP contribution in [0.25, 0.3) is 10.9 Å². The number of esters is 1. The Bertz CT molecular complexity index is 812. The monoisotopic (exact) mass is 316 g/mol. The molecular weight excluding hydrogens is 304 g/mol. The topological polar surface area (TPSA) is 53.3 Å². The van der Waals surface area contributed by atoms with E-state index in [9.17, 15) is 4.79 Å². The molecule has 5 nitrogen and oxygen atoms in total. The van der Waals surface area contributed by atoms with Crippen molar-refractivity contribution in [1.82, 2.24) is 9.78 Å². The third-order valence-corrected chi connectivity index (χ3v) is 3.56. The van der Waals surface area contributed by atoms with Crippen molar-refractivity contribution >= 4 is 28.7 Å². The van der Waals surface area contributed by atoms with Gasteiger partial charge in [-0.05, 0) is 23.8 Å². The summed E-state index contributed by atoms with van der Waals surface area (Å²) < 4.78 is 11.2. The van der Waals surface area contributed by atoms with Gasteiger partial charge in [0.15, 0.2) is 5.69 Å². The van der Waals surface area contributed by atoms with Crippen molar-refractivity contribution in [3.63, 3.8) is 0 Å². The Morgan fingerprint density at radius 1 is 1.18 bits per heavy atom.